The van der Waals surface area contributed by atoms with Crippen molar-refractivity contribution < 1.29 is 32.2 Å². The minimum Gasteiger partial charge on any atom is -0.361 e. The van der Waals surface area contributed by atoms with Crippen LogP contribution in [-0.2, 0) is 24.9 Å². The van der Waals surface area contributed by atoms with E-state index in [2.05, 4.69) is 33.1 Å². The van der Waals surface area contributed by atoms with Crippen LogP contribution in [0.4, 0.5) is 11.4 Å². The Balaban J connectivity index is 1.93. The molecule has 2 aromatic rings. The van der Waals surface area contributed by atoms with Crippen LogP contribution in [0.5, 0.6) is 0 Å². The van der Waals surface area contributed by atoms with E-state index >= 15 is 0 Å². The van der Waals surface area contributed by atoms with Crippen LogP contribution in [-0.4, -0.2) is 40.8 Å². The third kappa shape index (κ3) is 5.94. The van der Waals surface area contributed by atoms with Crippen molar-refractivity contribution in [3.05, 3.63) is 66.4 Å². The molecule has 0 amide bonds. The van der Waals surface area contributed by atoms with Gasteiger partial charge in [-0.3, -0.25) is 4.55 Å². The molecule has 3 rings (SSSR count). The highest BCUT2D eigenvalue weighted by Crippen LogP contribution is 2.42. The topological polar surface area (TPSA) is 108 Å². The van der Waals surface area contributed by atoms with Gasteiger partial charge in [0.25, 0.3) is 10.1 Å². The number of allylic oxidation sites excluding steroid dienone is 1. The van der Waals surface area contributed by atoms with Crippen LogP contribution in [0.1, 0.15) is 25.8 Å². The molecule has 0 saturated carbocycles. The van der Waals surface area contributed by atoms with Crippen molar-refractivity contribution in [1.82, 2.24) is 0 Å². The Morgan fingerprint density at radius 3 is 2.61 bits per heavy atom. The second-order valence-electron chi connectivity index (χ2n) is 7.55. The Morgan fingerprint density at radius 2 is 1.94 bits per heavy atom. The maximum atomic E-state index is 11.2. The summed E-state index contributed by atoms with van der Waals surface area (Å²) in [5, 5.41) is 15.4. The fourth-order valence-corrected chi connectivity index (χ4v) is 4.55. The van der Waals surface area contributed by atoms with E-state index in [-0.39, 0.29) is 17.6 Å². The van der Waals surface area contributed by atoms with Crippen molar-refractivity contribution in [3.63, 3.8) is 0 Å². The van der Waals surface area contributed by atoms with Gasteiger partial charge in [-0.25, -0.2) is 5.26 Å². The SMILES string of the molecule is CC1(C)C(/C=C/Nc2ccccc2)=[N+](CCCS(=O)(=O)O)c2ccc(SOOO)cc21. The Hall–Kier alpha value is -2.21. The van der Waals surface area contributed by atoms with Gasteiger partial charge < -0.3 is 5.32 Å². The van der Waals surface area contributed by atoms with E-state index in [0.717, 1.165) is 39.6 Å². The molecule has 0 atom stereocenters. The van der Waals surface area contributed by atoms with E-state index in [9.17, 15) is 8.42 Å². The summed E-state index contributed by atoms with van der Waals surface area (Å²) in [6, 6.07) is 15.4. The van der Waals surface area contributed by atoms with Crippen LogP contribution in [0.3, 0.4) is 0 Å². The zero-order valence-electron chi connectivity index (χ0n) is 17.2. The van der Waals surface area contributed by atoms with Gasteiger partial charge in [-0.1, -0.05) is 23.2 Å². The number of fused-ring (bicyclic) bond motifs is 1. The predicted molar refractivity (Wildman–Crippen MR) is 120 cm³/mol. The molecule has 8 nitrogen and oxygen atoms in total. The maximum absolute atomic E-state index is 11.2. The Kier molecular flexibility index (Phi) is 7.52. The molecule has 166 valence electrons. The van der Waals surface area contributed by atoms with Gasteiger partial charge >= 0.3 is 0 Å². The van der Waals surface area contributed by atoms with E-state index < -0.39 is 10.1 Å². The van der Waals surface area contributed by atoms with E-state index in [0.29, 0.717) is 6.54 Å². The van der Waals surface area contributed by atoms with Gasteiger partial charge in [0, 0.05) is 40.9 Å². The first-order chi connectivity index (χ1) is 14.7. The number of hydrogen-bond donors (Lipinski definition) is 3. The van der Waals surface area contributed by atoms with Gasteiger partial charge in [0.1, 0.15) is 6.54 Å². The lowest BCUT2D eigenvalue weighted by molar-refractivity contribution is -0.437. The molecular weight excluding hydrogens is 440 g/mol. The maximum Gasteiger partial charge on any atom is 0.265 e. The highest BCUT2D eigenvalue weighted by Gasteiger charge is 2.44. The van der Waals surface area contributed by atoms with Crippen molar-refractivity contribution in [2.75, 3.05) is 17.6 Å². The molecule has 1 heterocycles. The van der Waals surface area contributed by atoms with Crippen LogP contribution < -0.4 is 5.32 Å². The second kappa shape index (κ2) is 9.94. The molecular formula is C21H25N2O6S2+. The average Bonchev–Trinajstić information content (AvgIpc) is 2.93. The molecule has 0 spiro atoms. The Morgan fingerprint density at radius 1 is 1.19 bits per heavy atom. The molecule has 0 radical (unpaired) electrons. The van der Waals surface area contributed by atoms with Crippen LogP contribution in [0, 0.1) is 0 Å². The lowest BCUT2D eigenvalue weighted by Gasteiger charge is -2.16. The molecule has 0 bridgehead atoms. The van der Waals surface area contributed by atoms with Gasteiger partial charge in [0.2, 0.25) is 5.69 Å². The first-order valence-electron chi connectivity index (χ1n) is 9.60. The van der Waals surface area contributed by atoms with E-state index in [1.165, 1.54) is 0 Å². The van der Waals surface area contributed by atoms with E-state index in [1.54, 1.807) is 0 Å². The van der Waals surface area contributed by atoms with Crippen molar-refractivity contribution in [2.24, 2.45) is 0 Å². The van der Waals surface area contributed by atoms with Gasteiger partial charge in [0.15, 0.2) is 5.71 Å². The van der Waals surface area contributed by atoms with Crippen LogP contribution in [0.25, 0.3) is 0 Å². The predicted octanol–water partition coefficient (Wildman–Crippen LogP) is 4.39. The molecule has 0 aliphatic carbocycles. The summed E-state index contributed by atoms with van der Waals surface area (Å²) in [6.07, 6.45) is 4.10. The summed E-state index contributed by atoms with van der Waals surface area (Å²) in [6.45, 7) is 4.58. The minimum absolute atomic E-state index is 0.274. The molecule has 0 fully saturated rings. The molecule has 10 heteroatoms. The molecule has 1 aliphatic rings. The van der Waals surface area contributed by atoms with Gasteiger partial charge in [-0.05, 0) is 38.1 Å². The second-order valence-corrected chi connectivity index (χ2v) is 9.90. The molecule has 31 heavy (non-hydrogen) atoms. The third-order valence-electron chi connectivity index (χ3n) is 5.07. The quantitative estimate of drug-likeness (QED) is 0.156. The summed E-state index contributed by atoms with van der Waals surface area (Å²) in [5.41, 5.74) is 3.49. The molecule has 3 N–H and O–H groups in total. The molecule has 2 aromatic carbocycles. The van der Waals surface area contributed by atoms with Crippen molar-refractivity contribution in [2.45, 2.75) is 30.6 Å². The van der Waals surface area contributed by atoms with E-state index in [4.69, 9.17) is 9.81 Å². The summed E-state index contributed by atoms with van der Waals surface area (Å²) in [5.74, 6) is -0.311. The lowest BCUT2D eigenvalue weighted by atomic mass is 9.81. The zero-order valence-corrected chi connectivity index (χ0v) is 18.8. The standard InChI is InChI=1S/C21H24N2O6S2/c1-21(2)18-15-17(30-29-28-24)9-10-19(18)23(13-6-14-31(25,26)27)20(21)11-12-22-16-7-4-3-5-8-16/h3-5,7-12,15H,6,13-14H2,1-2H3,(H2,24,25,26,27)/p+1. The van der Waals surface area contributed by atoms with Gasteiger partial charge in [-0.15, -0.1) is 4.33 Å². The van der Waals surface area contributed by atoms with Crippen LogP contribution in [0.2, 0.25) is 0 Å². The smallest absolute Gasteiger partial charge is 0.265 e. The van der Waals surface area contributed by atoms with Crippen molar-refractivity contribution in [3.8, 4) is 0 Å². The number of hydrogen-bond acceptors (Lipinski definition) is 7. The Bertz CT molecular complexity index is 1080. The Labute approximate surface area is 186 Å². The number of nitrogens with one attached hydrogen (secondary N) is 1. The van der Waals surface area contributed by atoms with Crippen molar-refractivity contribution in [1.29, 1.82) is 0 Å². The monoisotopic (exact) mass is 465 g/mol. The third-order valence-corrected chi connectivity index (χ3v) is 6.45. The summed E-state index contributed by atoms with van der Waals surface area (Å²) in [7, 11) is -4.03. The highest BCUT2D eigenvalue weighted by molar-refractivity contribution is 7.94. The average molecular weight is 466 g/mol. The number of anilines is 1. The number of benzene rings is 2. The first-order valence-corrected chi connectivity index (χ1v) is 11.9. The first kappa shape index (κ1) is 23.5. The zero-order chi connectivity index (χ0) is 22.5. The van der Waals surface area contributed by atoms with Gasteiger partial charge in [-0.2, -0.15) is 13.0 Å². The minimum atomic E-state index is -4.03. The van der Waals surface area contributed by atoms with Crippen LogP contribution >= 0.6 is 12.0 Å². The van der Waals surface area contributed by atoms with Crippen LogP contribution in [0.15, 0.2) is 65.7 Å². The normalized spacial score (nSPS) is 15.5. The van der Waals surface area contributed by atoms with E-state index in [1.807, 2.05) is 60.8 Å². The summed E-state index contributed by atoms with van der Waals surface area (Å²) >= 11 is 0.883. The lowest BCUT2D eigenvalue weighted by Crippen LogP contribution is -2.28. The fraction of sp³-hybridized carbons (Fsp3) is 0.286. The van der Waals surface area contributed by atoms with Crippen molar-refractivity contribution >= 4 is 39.2 Å². The molecule has 0 unspecified atom stereocenters. The number of para-hydroxylation sites is 1. The number of rotatable bonds is 10. The molecule has 0 saturated heterocycles. The summed E-state index contributed by atoms with van der Waals surface area (Å²) in [4.78, 5) is 0.742. The largest absolute Gasteiger partial charge is 0.361 e. The number of nitrogens with zero attached hydrogens (tertiary/aromatic N) is 1. The molecule has 0 aromatic heterocycles. The molecule has 1 aliphatic heterocycles. The van der Waals surface area contributed by atoms with Gasteiger partial charge in [0.05, 0.1) is 23.2 Å². The fourth-order valence-electron chi connectivity index (χ4n) is 3.66. The summed E-state index contributed by atoms with van der Waals surface area (Å²) < 4.78 is 38.1. The highest BCUT2D eigenvalue weighted by atomic mass is 32.2.